The van der Waals surface area contributed by atoms with Crippen LogP contribution >= 0.6 is 27.7 Å². The number of benzene rings is 2. The highest BCUT2D eigenvalue weighted by atomic mass is 79.9. The van der Waals surface area contributed by atoms with Gasteiger partial charge in [-0.2, -0.15) is 8.78 Å². The van der Waals surface area contributed by atoms with Crippen LogP contribution in [0.2, 0.25) is 0 Å². The Labute approximate surface area is 155 Å². The van der Waals surface area contributed by atoms with Crippen LogP contribution in [-0.2, 0) is 14.8 Å². The first kappa shape index (κ1) is 19.7. The molecule has 0 radical (unpaired) electrons. The normalized spacial score (nSPS) is 11.4. The Kier molecular flexibility index (Phi) is 6.42. The molecule has 0 spiro atoms. The molecule has 2 aromatic carbocycles. The van der Waals surface area contributed by atoms with Crippen LogP contribution in [0.25, 0.3) is 0 Å². The standard InChI is InChI=1S/C15H12BrF2NO4S2/c1-23-14(20)12-8-9(16)2-7-13(12)25(21,22)19-10-3-5-11(6-4-10)24-15(17)18/h2-8,15,19H,1H3. The molecule has 0 heterocycles. The van der Waals surface area contributed by atoms with E-state index in [0.29, 0.717) is 21.1 Å². The highest BCUT2D eigenvalue weighted by molar-refractivity contribution is 9.10. The summed E-state index contributed by atoms with van der Waals surface area (Å²) in [6, 6.07) is 9.54. The molecule has 2 aromatic rings. The Morgan fingerprint density at radius 1 is 1.20 bits per heavy atom. The number of thioether (sulfide) groups is 1. The van der Waals surface area contributed by atoms with Gasteiger partial charge < -0.3 is 4.74 Å². The molecule has 0 saturated heterocycles. The Hall–Kier alpha value is -1.65. The number of sulfonamides is 1. The Bertz CT molecular complexity index is 874. The first-order valence-electron chi connectivity index (χ1n) is 6.68. The molecule has 0 amide bonds. The molecule has 134 valence electrons. The molecule has 0 aliphatic heterocycles. The molecule has 0 aliphatic carbocycles. The Balaban J connectivity index is 2.32. The van der Waals surface area contributed by atoms with E-state index >= 15 is 0 Å². The molecule has 2 rings (SSSR count). The molecule has 25 heavy (non-hydrogen) atoms. The number of carbonyl (C=O) groups is 1. The number of ether oxygens (including phenoxy) is 1. The second-order valence-corrected chi connectivity index (χ2v) is 8.27. The summed E-state index contributed by atoms with van der Waals surface area (Å²) in [6.45, 7) is 0. The fourth-order valence-corrected chi connectivity index (χ4v) is 4.02. The fraction of sp³-hybridized carbons (Fsp3) is 0.133. The second kappa shape index (κ2) is 8.15. The smallest absolute Gasteiger partial charge is 0.339 e. The van der Waals surface area contributed by atoms with E-state index in [1.165, 1.54) is 42.5 Å². The zero-order chi connectivity index (χ0) is 18.6. The van der Waals surface area contributed by atoms with Crippen molar-refractivity contribution >= 4 is 49.4 Å². The number of hydrogen-bond acceptors (Lipinski definition) is 5. The summed E-state index contributed by atoms with van der Waals surface area (Å²) in [5.74, 6) is -3.36. The molecule has 0 aromatic heterocycles. The lowest BCUT2D eigenvalue weighted by molar-refractivity contribution is 0.0596. The number of carbonyl (C=O) groups excluding carboxylic acids is 1. The van der Waals surface area contributed by atoms with Crippen molar-refractivity contribution in [3.05, 3.63) is 52.5 Å². The first-order chi connectivity index (χ1) is 11.7. The van der Waals surface area contributed by atoms with Crippen LogP contribution in [0.15, 0.2) is 56.7 Å². The van der Waals surface area contributed by atoms with Gasteiger partial charge in [0.25, 0.3) is 15.8 Å². The lowest BCUT2D eigenvalue weighted by atomic mass is 10.2. The predicted octanol–water partition coefficient (Wildman–Crippen LogP) is 4.35. The van der Waals surface area contributed by atoms with Crippen molar-refractivity contribution in [1.82, 2.24) is 0 Å². The Morgan fingerprint density at radius 3 is 2.40 bits per heavy atom. The highest BCUT2D eigenvalue weighted by Crippen LogP contribution is 2.28. The Morgan fingerprint density at radius 2 is 1.84 bits per heavy atom. The van der Waals surface area contributed by atoms with Crippen LogP contribution in [0.1, 0.15) is 10.4 Å². The third kappa shape index (κ3) is 5.16. The van der Waals surface area contributed by atoms with Gasteiger partial charge in [-0.15, -0.1) is 0 Å². The number of rotatable bonds is 6. The summed E-state index contributed by atoms with van der Waals surface area (Å²) >= 11 is 3.52. The zero-order valence-corrected chi connectivity index (χ0v) is 15.9. The van der Waals surface area contributed by atoms with E-state index in [1.807, 2.05) is 0 Å². The molecule has 0 fully saturated rings. The minimum atomic E-state index is -4.08. The van der Waals surface area contributed by atoms with Gasteiger partial charge in [-0.3, -0.25) is 4.72 Å². The number of nitrogens with one attached hydrogen (secondary N) is 1. The number of alkyl halides is 2. The quantitative estimate of drug-likeness (QED) is 0.521. The number of methoxy groups -OCH3 is 1. The van der Waals surface area contributed by atoms with Crippen molar-refractivity contribution < 1.29 is 26.7 Å². The summed E-state index contributed by atoms with van der Waals surface area (Å²) in [5.41, 5.74) is 0.0478. The van der Waals surface area contributed by atoms with Crippen molar-refractivity contribution in [3.8, 4) is 0 Å². The van der Waals surface area contributed by atoms with Gasteiger partial charge in [-0.05, 0) is 42.5 Å². The van der Waals surface area contributed by atoms with Crippen LogP contribution in [0, 0.1) is 0 Å². The summed E-state index contributed by atoms with van der Waals surface area (Å²) in [4.78, 5) is 11.9. The van der Waals surface area contributed by atoms with Crippen molar-refractivity contribution in [2.24, 2.45) is 0 Å². The van der Waals surface area contributed by atoms with Gasteiger partial charge in [0.2, 0.25) is 0 Å². The van der Waals surface area contributed by atoms with Crippen molar-refractivity contribution in [1.29, 1.82) is 0 Å². The van der Waals surface area contributed by atoms with E-state index in [9.17, 15) is 22.0 Å². The fourth-order valence-electron chi connectivity index (χ4n) is 1.92. The molecule has 0 unspecified atom stereocenters. The lowest BCUT2D eigenvalue weighted by Gasteiger charge is -2.12. The lowest BCUT2D eigenvalue weighted by Crippen LogP contribution is -2.17. The summed E-state index contributed by atoms with van der Waals surface area (Å²) in [7, 11) is -2.93. The van der Waals surface area contributed by atoms with Crippen LogP contribution in [0.3, 0.4) is 0 Å². The zero-order valence-electron chi connectivity index (χ0n) is 12.7. The number of halogens is 3. The largest absolute Gasteiger partial charge is 0.465 e. The van der Waals surface area contributed by atoms with E-state index in [4.69, 9.17) is 0 Å². The summed E-state index contributed by atoms with van der Waals surface area (Å²) in [5, 5.41) is 0. The molecule has 0 aliphatic rings. The van der Waals surface area contributed by atoms with Gasteiger partial charge in [0.15, 0.2) is 0 Å². The molecule has 0 saturated carbocycles. The third-order valence-corrected chi connectivity index (χ3v) is 5.62. The number of hydrogen-bond donors (Lipinski definition) is 1. The van der Waals surface area contributed by atoms with Crippen molar-refractivity contribution in [2.45, 2.75) is 15.5 Å². The first-order valence-corrected chi connectivity index (χ1v) is 9.84. The molecule has 0 bridgehead atoms. The van der Waals surface area contributed by atoms with E-state index in [1.54, 1.807) is 0 Å². The van der Waals surface area contributed by atoms with Crippen LogP contribution in [0.4, 0.5) is 14.5 Å². The summed E-state index contributed by atoms with van der Waals surface area (Å²) in [6.07, 6.45) is 0. The molecule has 1 N–H and O–H groups in total. The van der Waals surface area contributed by atoms with E-state index in [0.717, 1.165) is 7.11 Å². The maximum absolute atomic E-state index is 12.6. The SMILES string of the molecule is COC(=O)c1cc(Br)ccc1S(=O)(=O)Nc1ccc(SC(F)F)cc1. The van der Waals surface area contributed by atoms with Crippen LogP contribution < -0.4 is 4.72 Å². The van der Waals surface area contributed by atoms with Crippen LogP contribution in [0.5, 0.6) is 0 Å². The molecule has 5 nitrogen and oxygen atoms in total. The van der Waals surface area contributed by atoms with E-state index < -0.39 is 21.8 Å². The van der Waals surface area contributed by atoms with Crippen LogP contribution in [-0.4, -0.2) is 27.3 Å². The topological polar surface area (TPSA) is 72.5 Å². The monoisotopic (exact) mass is 451 g/mol. The maximum atomic E-state index is 12.6. The number of anilines is 1. The molecular weight excluding hydrogens is 440 g/mol. The maximum Gasteiger partial charge on any atom is 0.339 e. The average Bonchev–Trinajstić information content (AvgIpc) is 2.55. The summed E-state index contributed by atoms with van der Waals surface area (Å²) < 4.78 is 57.1. The van der Waals surface area contributed by atoms with E-state index in [2.05, 4.69) is 25.4 Å². The second-order valence-electron chi connectivity index (χ2n) is 4.64. The minimum absolute atomic E-state index is 0.130. The van der Waals surface area contributed by atoms with Crippen molar-refractivity contribution in [2.75, 3.05) is 11.8 Å². The molecule has 10 heteroatoms. The molecular formula is C15H12BrF2NO4S2. The van der Waals surface area contributed by atoms with Crippen molar-refractivity contribution in [3.63, 3.8) is 0 Å². The minimum Gasteiger partial charge on any atom is -0.465 e. The average molecular weight is 452 g/mol. The highest BCUT2D eigenvalue weighted by Gasteiger charge is 2.23. The number of esters is 1. The van der Waals surface area contributed by atoms with Gasteiger partial charge in [0.1, 0.15) is 4.90 Å². The van der Waals surface area contributed by atoms with Gasteiger partial charge in [-0.1, -0.05) is 27.7 Å². The van der Waals surface area contributed by atoms with Gasteiger partial charge in [0.05, 0.1) is 12.7 Å². The van der Waals surface area contributed by atoms with E-state index in [-0.39, 0.29) is 16.1 Å². The van der Waals surface area contributed by atoms with Gasteiger partial charge in [0, 0.05) is 15.1 Å². The van der Waals surface area contributed by atoms with Gasteiger partial charge >= 0.3 is 5.97 Å². The van der Waals surface area contributed by atoms with Gasteiger partial charge in [-0.25, -0.2) is 13.2 Å². The predicted molar refractivity (Wildman–Crippen MR) is 94.6 cm³/mol. The third-order valence-electron chi connectivity index (χ3n) is 2.97. The molecule has 0 atom stereocenters.